The van der Waals surface area contributed by atoms with E-state index >= 15 is 0 Å². The molecule has 1 rings (SSSR count). The Balaban J connectivity index is 2.25. The highest BCUT2D eigenvalue weighted by molar-refractivity contribution is 5.09. The fourth-order valence-electron chi connectivity index (χ4n) is 2.19. The smallest absolute Gasteiger partial charge is 0.0271 e. The van der Waals surface area contributed by atoms with E-state index in [1.54, 1.807) is 0 Å². The molecule has 3 nitrogen and oxygen atoms in total. The Morgan fingerprint density at radius 2 is 2.00 bits per heavy atom. The number of hydrogen-bond acceptors (Lipinski definition) is 3. The van der Waals surface area contributed by atoms with Gasteiger partial charge in [-0.1, -0.05) is 13.8 Å². The lowest BCUT2D eigenvalue weighted by atomic mass is 10.0. The van der Waals surface area contributed by atoms with E-state index in [-0.39, 0.29) is 0 Å². The zero-order valence-corrected chi connectivity index (χ0v) is 11.8. The van der Waals surface area contributed by atoms with Crippen molar-refractivity contribution in [2.45, 2.75) is 39.7 Å². The van der Waals surface area contributed by atoms with Gasteiger partial charge < -0.3 is 5.73 Å². The van der Waals surface area contributed by atoms with Crippen molar-refractivity contribution in [2.24, 2.45) is 11.7 Å². The fraction of sp³-hybridized carbons (Fsp3) is 0.667. The molecule has 0 spiro atoms. The molecule has 18 heavy (non-hydrogen) atoms. The first kappa shape index (κ1) is 15.1. The highest BCUT2D eigenvalue weighted by Crippen LogP contribution is 2.11. The second-order valence-corrected chi connectivity index (χ2v) is 5.05. The summed E-state index contributed by atoms with van der Waals surface area (Å²) in [5.41, 5.74) is 6.92. The van der Waals surface area contributed by atoms with Gasteiger partial charge in [0.2, 0.25) is 0 Å². The predicted octanol–water partition coefficient (Wildman–Crippen LogP) is 2.67. The number of nitrogens with zero attached hydrogens (tertiary/aromatic N) is 2. The van der Waals surface area contributed by atoms with Crippen LogP contribution in [-0.4, -0.2) is 29.5 Å². The molecule has 1 heterocycles. The van der Waals surface area contributed by atoms with Gasteiger partial charge in [0.25, 0.3) is 0 Å². The van der Waals surface area contributed by atoms with Crippen LogP contribution in [0.1, 0.15) is 38.7 Å². The summed E-state index contributed by atoms with van der Waals surface area (Å²) in [4.78, 5) is 6.54. The molecule has 0 saturated heterocycles. The van der Waals surface area contributed by atoms with E-state index in [0.717, 1.165) is 32.0 Å². The summed E-state index contributed by atoms with van der Waals surface area (Å²) >= 11 is 0. The summed E-state index contributed by atoms with van der Waals surface area (Å²) in [6.07, 6.45) is 7.43. The minimum atomic E-state index is 0.759. The molecule has 0 amide bonds. The molecular formula is C15H27N3. The van der Waals surface area contributed by atoms with Gasteiger partial charge in [0.15, 0.2) is 0 Å². The van der Waals surface area contributed by atoms with Crippen LogP contribution in [0.15, 0.2) is 24.5 Å². The normalized spacial score (nSPS) is 12.9. The van der Waals surface area contributed by atoms with Gasteiger partial charge in [-0.2, -0.15) is 0 Å². The number of pyridine rings is 1. The van der Waals surface area contributed by atoms with E-state index in [1.807, 2.05) is 12.4 Å². The molecule has 1 aromatic heterocycles. The first-order valence-corrected chi connectivity index (χ1v) is 7.07. The summed E-state index contributed by atoms with van der Waals surface area (Å²) < 4.78 is 0. The van der Waals surface area contributed by atoms with Crippen molar-refractivity contribution < 1.29 is 0 Å². The summed E-state index contributed by atoms with van der Waals surface area (Å²) in [6, 6.07) is 4.19. The Hall–Kier alpha value is -0.930. The average Bonchev–Trinajstić information content (AvgIpc) is 2.39. The first-order chi connectivity index (χ1) is 8.76. The molecule has 0 fully saturated rings. The van der Waals surface area contributed by atoms with Crippen LogP contribution in [0.3, 0.4) is 0 Å². The standard InChI is InChI=1S/C15H27N3/c1-3-18(12-4-5-14(2)6-9-16)13-15-7-10-17-11-8-15/h7-8,10-11,14H,3-6,9,12-13,16H2,1-2H3. The lowest BCUT2D eigenvalue weighted by molar-refractivity contribution is 0.265. The third-order valence-electron chi connectivity index (χ3n) is 3.43. The summed E-state index contributed by atoms with van der Waals surface area (Å²) in [7, 11) is 0. The molecule has 0 saturated carbocycles. The SMILES string of the molecule is CCN(CCCC(C)CCN)Cc1ccncc1. The monoisotopic (exact) mass is 249 g/mol. The Labute approximate surface area is 111 Å². The first-order valence-electron chi connectivity index (χ1n) is 7.07. The fourth-order valence-corrected chi connectivity index (χ4v) is 2.19. The van der Waals surface area contributed by atoms with Crippen LogP contribution in [0.5, 0.6) is 0 Å². The van der Waals surface area contributed by atoms with Crippen LogP contribution < -0.4 is 5.73 Å². The maximum atomic E-state index is 5.57. The van der Waals surface area contributed by atoms with Gasteiger partial charge >= 0.3 is 0 Å². The quantitative estimate of drug-likeness (QED) is 0.731. The van der Waals surface area contributed by atoms with Crippen molar-refractivity contribution >= 4 is 0 Å². The molecule has 1 atom stereocenters. The molecule has 0 aliphatic rings. The van der Waals surface area contributed by atoms with Crippen LogP contribution in [0.4, 0.5) is 0 Å². The number of rotatable bonds is 9. The summed E-state index contributed by atoms with van der Waals surface area (Å²) in [5.74, 6) is 0.759. The van der Waals surface area contributed by atoms with Crippen LogP contribution in [0.2, 0.25) is 0 Å². The van der Waals surface area contributed by atoms with E-state index in [0.29, 0.717) is 0 Å². The van der Waals surface area contributed by atoms with Crippen molar-refractivity contribution in [3.05, 3.63) is 30.1 Å². The molecule has 0 aromatic carbocycles. The van der Waals surface area contributed by atoms with E-state index in [1.165, 1.54) is 24.9 Å². The van der Waals surface area contributed by atoms with Crippen molar-refractivity contribution in [3.8, 4) is 0 Å². The molecule has 1 unspecified atom stereocenters. The zero-order chi connectivity index (χ0) is 13.2. The Morgan fingerprint density at radius 1 is 1.28 bits per heavy atom. The van der Waals surface area contributed by atoms with Gasteiger partial charge in [-0.25, -0.2) is 0 Å². The van der Waals surface area contributed by atoms with Gasteiger partial charge in [-0.3, -0.25) is 9.88 Å². The number of nitrogens with two attached hydrogens (primary N) is 1. The highest BCUT2D eigenvalue weighted by Gasteiger charge is 2.05. The third kappa shape index (κ3) is 6.12. The van der Waals surface area contributed by atoms with Crippen molar-refractivity contribution in [1.29, 1.82) is 0 Å². The molecular weight excluding hydrogens is 222 g/mol. The van der Waals surface area contributed by atoms with Crippen LogP contribution >= 0.6 is 0 Å². The van der Waals surface area contributed by atoms with Crippen LogP contribution in [-0.2, 0) is 6.54 Å². The van der Waals surface area contributed by atoms with Crippen molar-refractivity contribution in [2.75, 3.05) is 19.6 Å². The highest BCUT2D eigenvalue weighted by atomic mass is 15.1. The lowest BCUT2D eigenvalue weighted by Gasteiger charge is -2.21. The second kappa shape index (κ2) is 9.06. The molecule has 0 radical (unpaired) electrons. The van der Waals surface area contributed by atoms with E-state index < -0.39 is 0 Å². The third-order valence-corrected chi connectivity index (χ3v) is 3.43. The molecule has 0 bridgehead atoms. The molecule has 3 heteroatoms. The van der Waals surface area contributed by atoms with Crippen molar-refractivity contribution in [3.63, 3.8) is 0 Å². The molecule has 0 aliphatic heterocycles. The van der Waals surface area contributed by atoms with E-state index in [4.69, 9.17) is 5.73 Å². The predicted molar refractivity (Wildman–Crippen MR) is 77.3 cm³/mol. The Morgan fingerprint density at radius 3 is 2.61 bits per heavy atom. The van der Waals surface area contributed by atoms with Gasteiger partial charge in [0, 0.05) is 18.9 Å². The summed E-state index contributed by atoms with van der Waals surface area (Å²) in [5, 5.41) is 0. The van der Waals surface area contributed by atoms with E-state index in [9.17, 15) is 0 Å². The van der Waals surface area contributed by atoms with Gasteiger partial charge in [-0.15, -0.1) is 0 Å². The molecule has 1 aromatic rings. The van der Waals surface area contributed by atoms with Crippen LogP contribution in [0.25, 0.3) is 0 Å². The zero-order valence-electron chi connectivity index (χ0n) is 11.8. The lowest BCUT2D eigenvalue weighted by Crippen LogP contribution is -2.24. The number of aromatic nitrogens is 1. The van der Waals surface area contributed by atoms with Crippen molar-refractivity contribution in [1.82, 2.24) is 9.88 Å². The van der Waals surface area contributed by atoms with Gasteiger partial charge in [0.05, 0.1) is 0 Å². The molecule has 102 valence electrons. The summed E-state index contributed by atoms with van der Waals surface area (Å²) in [6.45, 7) is 8.65. The largest absolute Gasteiger partial charge is 0.330 e. The minimum Gasteiger partial charge on any atom is -0.330 e. The molecule has 2 N–H and O–H groups in total. The van der Waals surface area contributed by atoms with Gasteiger partial charge in [0.1, 0.15) is 0 Å². The topological polar surface area (TPSA) is 42.1 Å². The maximum absolute atomic E-state index is 5.57. The maximum Gasteiger partial charge on any atom is 0.0271 e. The average molecular weight is 249 g/mol. The Bertz CT molecular complexity index is 300. The Kier molecular flexibility index (Phi) is 7.62. The van der Waals surface area contributed by atoms with E-state index in [2.05, 4.69) is 35.9 Å². The minimum absolute atomic E-state index is 0.759. The second-order valence-electron chi connectivity index (χ2n) is 5.05. The van der Waals surface area contributed by atoms with Crippen LogP contribution in [0, 0.1) is 5.92 Å². The molecule has 0 aliphatic carbocycles. The van der Waals surface area contributed by atoms with Gasteiger partial charge in [-0.05, 0) is 62.5 Å². The number of hydrogen-bond donors (Lipinski definition) is 1.